The van der Waals surface area contributed by atoms with Crippen molar-refractivity contribution in [2.24, 2.45) is 0 Å². The topological polar surface area (TPSA) is 34.0 Å². The minimum Gasteiger partial charge on any atom is -0.355 e. The number of benzene rings is 1. The lowest BCUT2D eigenvalue weighted by Gasteiger charge is -2.01. The zero-order chi connectivity index (χ0) is 13.0. The molecule has 18 heavy (non-hydrogen) atoms. The fourth-order valence-corrected chi connectivity index (χ4v) is 2.27. The predicted molar refractivity (Wildman–Crippen MR) is 78.2 cm³/mol. The summed E-state index contributed by atoms with van der Waals surface area (Å²) in [6.45, 7) is 3.64. The zero-order valence-electron chi connectivity index (χ0n) is 10.5. The molecule has 1 heterocycles. The molecule has 1 amide bonds. The third-order valence-corrected chi connectivity index (χ3v) is 3.22. The van der Waals surface area contributed by atoms with E-state index < -0.39 is 0 Å². The molecule has 2 aromatic rings. The number of hydrogen-bond donors (Lipinski definition) is 2. The number of hydrogen-bond acceptors (Lipinski definition) is 2. The number of carbonyl (C=O) groups is 1. The minimum absolute atomic E-state index is 0.0584. The van der Waals surface area contributed by atoms with Crippen LogP contribution in [0.5, 0.6) is 0 Å². The molecule has 0 saturated carbocycles. The lowest BCUT2D eigenvalue weighted by atomic mass is 10.1. The van der Waals surface area contributed by atoms with Gasteiger partial charge in [-0.15, -0.1) is 0 Å². The van der Waals surface area contributed by atoms with Crippen LogP contribution >= 0.6 is 12.6 Å². The molecular formula is C14H18N2OS. The highest BCUT2D eigenvalue weighted by Crippen LogP contribution is 2.21. The van der Waals surface area contributed by atoms with Gasteiger partial charge in [0.2, 0.25) is 5.91 Å². The van der Waals surface area contributed by atoms with Gasteiger partial charge in [-0.2, -0.15) is 12.6 Å². The van der Waals surface area contributed by atoms with Crippen LogP contribution in [0.25, 0.3) is 10.9 Å². The van der Waals surface area contributed by atoms with E-state index in [-0.39, 0.29) is 5.91 Å². The summed E-state index contributed by atoms with van der Waals surface area (Å²) in [6, 6.07) is 8.20. The van der Waals surface area contributed by atoms with Crippen LogP contribution in [-0.2, 0) is 17.8 Å². The highest BCUT2D eigenvalue weighted by Gasteiger charge is 2.10. The Bertz CT molecular complexity index is 548. The van der Waals surface area contributed by atoms with E-state index in [1.165, 1.54) is 10.9 Å². The first kappa shape index (κ1) is 13.0. The van der Waals surface area contributed by atoms with Gasteiger partial charge in [0, 0.05) is 35.9 Å². The molecule has 0 saturated heterocycles. The Labute approximate surface area is 113 Å². The van der Waals surface area contributed by atoms with E-state index in [1.54, 1.807) is 0 Å². The van der Waals surface area contributed by atoms with Crippen molar-refractivity contribution in [3.63, 3.8) is 0 Å². The molecule has 1 N–H and O–H groups in total. The summed E-state index contributed by atoms with van der Waals surface area (Å²) in [5.74, 6) is 0.727. The van der Waals surface area contributed by atoms with Gasteiger partial charge in [-0.25, -0.2) is 0 Å². The Hall–Kier alpha value is -1.42. The number of carbonyl (C=O) groups excluding carboxylic acids is 1. The van der Waals surface area contributed by atoms with Crippen LogP contribution < -0.4 is 5.32 Å². The lowest BCUT2D eigenvalue weighted by molar-refractivity contribution is -0.120. The van der Waals surface area contributed by atoms with Gasteiger partial charge in [-0.1, -0.05) is 18.2 Å². The van der Waals surface area contributed by atoms with Crippen LogP contribution in [0.3, 0.4) is 0 Å². The summed E-state index contributed by atoms with van der Waals surface area (Å²) < 4.78 is 2.18. The molecule has 0 aliphatic rings. The van der Waals surface area contributed by atoms with Crippen LogP contribution in [0.15, 0.2) is 30.5 Å². The number of thiol groups is 1. The van der Waals surface area contributed by atoms with Crippen molar-refractivity contribution in [3.8, 4) is 0 Å². The molecule has 0 bridgehead atoms. The SMILES string of the molecule is CCn1cc(CC(=O)NCCS)c2ccccc21. The second kappa shape index (κ2) is 5.96. The van der Waals surface area contributed by atoms with Crippen LogP contribution in [-0.4, -0.2) is 22.8 Å². The van der Waals surface area contributed by atoms with Gasteiger partial charge in [0.1, 0.15) is 0 Å². The van der Waals surface area contributed by atoms with Gasteiger partial charge in [0.15, 0.2) is 0 Å². The summed E-state index contributed by atoms with van der Waals surface area (Å²) in [7, 11) is 0. The Balaban J connectivity index is 2.25. The summed E-state index contributed by atoms with van der Waals surface area (Å²) in [5.41, 5.74) is 2.28. The van der Waals surface area contributed by atoms with Crippen LogP contribution in [0, 0.1) is 0 Å². The van der Waals surface area contributed by atoms with Gasteiger partial charge < -0.3 is 9.88 Å². The Morgan fingerprint density at radius 1 is 1.39 bits per heavy atom. The summed E-state index contributed by atoms with van der Waals surface area (Å²) >= 11 is 4.08. The number of aromatic nitrogens is 1. The summed E-state index contributed by atoms with van der Waals surface area (Å²) in [5, 5.41) is 4.02. The number of nitrogens with zero attached hydrogens (tertiary/aromatic N) is 1. The van der Waals surface area contributed by atoms with Gasteiger partial charge in [0.05, 0.1) is 6.42 Å². The van der Waals surface area contributed by atoms with Gasteiger partial charge in [-0.3, -0.25) is 4.79 Å². The molecule has 0 aliphatic heterocycles. The third kappa shape index (κ3) is 2.70. The standard InChI is InChI=1S/C14H18N2OS/c1-2-16-10-11(9-14(17)15-7-8-18)12-5-3-4-6-13(12)16/h3-6,10,18H,2,7-9H2,1H3,(H,15,17). The van der Waals surface area contributed by atoms with E-state index in [0.717, 1.165) is 12.1 Å². The van der Waals surface area contributed by atoms with Gasteiger partial charge in [0.25, 0.3) is 0 Å². The quantitative estimate of drug-likeness (QED) is 0.796. The van der Waals surface area contributed by atoms with Gasteiger partial charge in [-0.05, 0) is 18.6 Å². The van der Waals surface area contributed by atoms with Crippen molar-refractivity contribution in [2.75, 3.05) is 12.3 Å². The van der Waals surface area contributed by atoms with E-state index in [2.05, 4.69) is 47.8 Å². The molecule has 4 heteroatoms. The second-order valence-corrected chi connectivity index (χ2v) is 4.66. The van der Waals surface area contributed by atoms with E-state index in [0.29, 0.717) is 18.7 Å². The normalized spacial score (nSPS) is 10.8. The monoisotopic (exact) mass is 262 g/mol. The molecule has 0 atom stereocenters. The van der Waals surface area contributed by atoms with Crippen molar-refractivity contribution >= 4 is 29.4 Å². The molecule has 0 spiro atoms. The van der Waals surface area contributed by atoms with E-state index in [4.69, 9.17) is 0 Å². The number of fused-ring (bicyclic) bond motifs is 1. The maximum Gasteiger partial charge on any atom is 0.224 e. The Morgan fingerprint density at radius 2 is 2.17 bits per heavy atom. The first-order chi connectivity index (χ1) is 8.76. The molecule has 3 nitrogen and oxygen atoms in total. The number of aryl methyl sites for hydroxylation is 1. The average molecular weight is 262 g/mol. The molecule has 0 unspecified atom stereocenters. The van der Waals surface area contributed by atoms with Crippen molar-refractivity contribution in [2.45, 2.75) is 19.9 Å². The van der Waals surface area contributed by atoms with Crippen molar-refractivity contribution < 1.29 is 4.79 Å². The molecule has 1 aromatic heterocycles. The smallest absolute Gasteiger partial charge is 0.224 e. The molecule has 2 rings (SSSR count). The maximum absolute atomic E-state index is 11.8. The number of nitrogens with one attached hydrogen (secondary N) is 1. The minimum atomic E-state index is 0.0584. The fraction of sp³-hybridized carbons (Fsp3) is 0.357. The summed E-state index contributed by atoms with van der Waals surface area (Å²) in [4.78, 5) is 11.8. The molecule has 96 valence electrons. The van der Waals surface area contributed by atoms with E-state index in [1.807, 2.05) is 12.1 Å². The Kier molecular flexibility index (Phi) is 4.31. The second-order valence-electron chi connectivity index (χ2n) is 4.21. The lowest BCUT2D eigenvalue weighted by Crippen LogP contribution is -2.26. The van der Waals surface area contributed by atoms with Crippen LogP contribution in [0.4, 0.5) is 0 Å². The van der Waals surface area contributed by atoms with Crippen LogP contribution in [0.2, 0.25) is 0 Å². The molecule has 1 aromatic carbocycles. The maximum atomic E-state index is 11.8. The summed E-state index contributed by atoms with van der Waals surface area (Å²) in [6.07, 6.45) is 2.51. The average Bonchev–Trinajstić information content (AvgIpc) is 2.75. The van der Waals surface area contributed by atoms with Crippen molar-refractivity contribution in [3.05, 3.63) is 36.0 Å². The zero-order valence-corrected chi connectivity index (χ0v) is 11.4. The number of rotatable bonds is 5. The number of amides is 1. The first-order valence-electron chi connectivity index (χ1n) is 6.20. The number of para-hydroxylation sites is 1. The van der Waals surface area contributed by atoms with E-state index >= 15 is 0 Å². The molecular weight excluding hydrogens is 244 g/mol. The fourth-order valence-electron chi connectivity index (χ4n) is 2.16. The largest absolute Gasteiger partial charge is 0.355 e. The highest BCUT2D eigenvalue weighted by atomic mass is 32.1. The van der Waals surface area contributed by atoms with E-state index in [9.17, 15) is 4.79 Å². The van der Waals surface area contributed by atoms with Crippen molar-refractivity contribution in [1.29, 1.82) is 0 Å². The molecule has 0 aliphatic carbocycles. The van der Waals surface area contributed by atoms with Crippen LogP contribution in [0.1, 0.15) is 12.5 Å². The molecule has 0 fully saturated rings. The first-order valence-corrected chi connectivity index (χ1v) is 6.83. The van der Waals surface area contributed by atoms with Crippen molar-refractivity contribution in [1.82, 2.24) is 9.88 Å². The third-order valence-electron chi connectivity index (χ3n) is 3.00. The molecule has 0 radical (unpaired) electrons. The van der Waals surface area contributed by atoms with Gasteiger partial charge >= 0.3 is 0 Å². The predicted octanol–water partition coefficient (Wildman–Crippen LogP) is 2.25. The Morgan fingerprint density at radius 3 is 2.89 bits per heavy atom. The highest BCUT2D eigenvalue weighted by molar-refractivity contribution is 7.80.